The smallest absolute Gasteiger partial charge is 0.270 e. The third kappa shape index (κ3) is 2.36. The average molecular weight is 261 g/mol. The lowest BCUT2D eigenvalue weighted by molar-refractivity contribution is 0.0991. The summed E-state index contributed by atoms with van der Waals surface area (Å²) >= 11 is 1.24. The molecule has 5 heteroatoms. The number of carbonyl (C=O) groups excluding carboxylic acids is 1. The van der Waals surface area contributed by atoms with E-state index in [2.05, 4.69) is 4.98 Å². The molecule has 1 aromatic heterocycles. The van der Waals surface area contributed by atoms with Crippen molar-refractivity contribution in [3.05, 3.63) is 40.9 Å². The first kappa shape index (κ1) is 12.6. The number of nitrogen functional groups attached to an aromatic ring is 1. The Hall–Kier alpha value is -1.88. The van der Waals surface area contributed by atoms with Crippen LogP contribution in [0, 0.1) is 6.92 Å². The number of hydrogen-bond acceptors (Lipinski definition) is 4. The molecule has 2 aromatic rings. The first-order valence-corrected chi connectivity index (χ1v) is 6.55. The molecule has 18 heavy (non-hydrogen) atoms. The molecule has 94 valence electrons. The van der Waals surface area contributed by atoms with E-state index in [1.54, 1.807) is 11.8 Å². The van der Waals surface area contributed by atoms with E-state index in [4.69, 9.17) is 5.73 Å². The van der Waals surface area contributed by atoms with Gasteiger partial charge in [-0.3, -0.25) is 4.79 Å². The molecule has 0 fully saturated rings. The summed E-state index contributed by atoms with van der Waals surface area (Å²) in [6.07, 6.45) is 0. The van der Waals surface area contributed by atoms with Crippen LogP contribution < -0.4 is 10.6 Å². The predicted octanol–water partition coefficient (Wildman–Crippen LogP) is 2.70. The van der Waals surface area contributed by atoms with E-state index in [1.165, 1.54) is 11.3 Å². The Kier molecular flexibility index (Phi) is 3.62. The number of benzene rings is 1. The van der Waals surface area contributed by atoms with Crippen molar-refractivity contribution in [2.75, 3.05) is 17.2 Å². The van der Waals surface area contributed by atoms with Gasteiger partial charge in [0.15, 0.2) is 5.13 Å². The summed E-state index contributed by atoms with van der Waals surface area (Å²) in [7, 11) is 0. The zero-order chi connectivity index (χ0) is 13.1. The highest BCUT2D eigenvalue weighted by Gasteiger charge is 2.20. The van der Waals surface area contributed by atoms with Gasteiger partial charge in [-0.2, -0.15) is 0 Å². The van der Waals surface area contributed by atoms with Crippen LogP contribution in [0.4, 0.5) is 10.8 Å². The summed E-state index contributed by atoms with van der Waals surface area (Å²) in [6.45, 7) is 4.36. The Bertz CT molecular complexity index is 551. The molecule has 2 rings (SSSR count). The van der Waals surface area contributed by atoms with Gasteiger partial charge in [0.1, 0.15) is 4.88 Å². The van der Waals surface area contributed by atoms with E-state index in [9.17, 15) is 4.79 Å². The Morgan fingerprint density at radius 1 is 1.39 bits per heavy atom. The zero-order valence-electron chi connectivity index (χ0n) is 10.4. The van der Waals surface area contributed by atoms with Gasteiger partial charge in [0.25, 0.3) is 5.91 Å². The van der Waals surface area contributed by atoms with Crippen LogP contribution in [0.2, 0.25) is 0 Å². The van der Waals surface area contributed by atoms with Crippen molar-refractivity contribution in [2.45, 2.75) is 13.8 Å². The summed E-state index contributed by atoms with van der Waals surface area (Å²) < 4.78 is 0. The van der Waals surface area contributed by atoms with Gasteiger partial charge in [0.2, 0.25) is 0 Å². The lowest BCUT2D eigenvalue weighted by atomic mass is 10.2. The number of para-hydroxylation sites is 1. The van der Waals surface area contributed by atoms with Crippen molar-refractivity contribution in [1.82, 2.24) is 4.98 Å². The highest BCUT2D eigenvalue weighted by Crippen LogP contribution is 2.24. The predicted molar refractivity (Wildman–Crippen MR) is 75.1 cm³/mol. The topological polar surface area (TPSA) is 59.2 Å². The molecule has 4 nitrogen and oxygen atoms in total. The highest BCUT2D eigenvalue weighted by molar-refractivity contribution is 7.17. The molecular weight excluding hydrogens is 246 g/mol. The monoisotopic (exact) mass is 261 g/mol. The van der Waals surface area contributed by atoms with Gasteiger partial charge in [-0.1, -0.05) is 29.5 Å². The minimum Gasteiger partial charge on any atom is -0.375 e. The van der Waals surface area contributed by atoms with Crippen molar-refractivity contribution in [3.63, 3.8) is 0 Å². The number of anilines is 2. The van der Waals surface area contributed by atoms with Gasteiger partial charge in [-0.05, 0) is 26.0 Å². The average Bonchev–Trinajstić information content (AvgIpc) is 2.70. The number of hydrogen-bond donors (Lipinski definition) is 1. The summed E-state index contributed by atoms with van der Waals surface area (Å²) in [5.41, 5.74) is 7.21. The van der Waals surface area contributed by atoms with Gasteiger partial charge in [0.05, 0.1) is 5.69 Å². The van der Waals surface area contributed by atoms with Crippen LogP contribution in [-0.4, -0.2) is 17.4 Å². The number of thiazole rings is 1. The minimum absolute atomic E-state index is 0.0459. The molecule has 0 bridgehead atoms. The molecule has 0 unspecified atom stereocenters. The molecule has 0 aliphatic rings. The van der Waals surface area contributed by atoms with Crippen LogP contribution in [0.25, 0.3) is 0 Å². The second kappa shape index (κ2) is 5.18. The maximum absolute atomic E-state index is 12.5. The number of nitrogens with zero attached hydrogens (tertiary/aromatic N) is 2. The largest absolute Gasteiger partial charge is 0.375 e. The number of amides is 1. The van der Waals surface area contributed by atoms with Crippen LogP contribution >= 0.6 is 11.3 Å². The first-order chi connectivity index (χ1) is 8.63. The van der Waals surface area contributed by atoms with Crippen molar-refractivity contribution in [2.24, 2.45) is 0 Å². The molecule has 0 saturated heterocycles. The molecule has 0 radical (unpaired) electrons. The van der Waals surface area contributed by atoms with Gasteiger partial charge in [-0.15, -0.1) is 0 Å². The van der Waals surface area contributed by atoms with Crippen molar-refractivity contribution in [1.29, 1.82) is 0 Å². The quantitative estimate of drug-likeness (QED) is 0.924. The summed E-state index contributed by atoms with van der Waals surface area (Å²) in [6, 6.07) is 9.60. The molecule has 0 atom stereocenters. The van der Waals surface area contributed by atoms with E-state index >= 15 is 0 Å². The van der Waals surface area contributed by atoms with Gasteiger partial charge >= 0.3 is 0 Å². The molecule has 0 aliphatic heterocycles. The third-order valence-corrected chi connectivity index (χ3v) is 3.61. The normalized spacial score (nSPS) is 10.3. The number of aryl methyl sites for hydroxylation is 1. The summed E-state index contributed by atoms with van der Waals surface area (Å²) in [5, 5.41) is 0.431. The van der Waals surface area contributed by atoms with Crippen LogP contribution in [0.1, 0.15) is 22.3 Å². The number of carbonyl (C=O) groups is 1. The SMILES string of the molecule is CCN(C(=O)c1sc(N)nc1C)c1ccccc1. The van der Waals surface area contributed by atoms with E-state index < -0.39 is 0 Å². The molecular formula is C13H15N3OS. The molecule has 1 aromatic carbocycles. The van der Waals surface area contributed by atoms with E-state index in [0.29, 0.717) is 22.2 Å². The van der Waals surface area contributed by atoms with Crippen molar-refractivity contribution < 1.29 is 4.79 Å². The van der Waals surface area contributed by atoms with E-state index in [-0.39, 0.29) is 5.91 Å². The zero-order valence-corrected chi connectivity index (χ0v) is 11.2. The molecule has 2 N–H and O–H groups in total. The van der Waals surface area contributed by atoms with Gasteiger partial charge in [-0.25, -0.2) is 4.98 Å². The fraction of sp³-hybridized carbons (Fsp3) is 0.231. The van der Waals surface area contributed by atoms with Crippen LogP contribution in [0.3, 0.4) is 0 Å². The van der Waals surface area contributed by atoms with Crippen LogP contribution in [0.5, 0.6) is 0 Å². The Labute approximate surface area is 110 Å². The Morgan fingerprint density at radius 3 is 2.56 bits per heavy atom. The van der Waals surface area contributed by atoms with E-state index in [0.717, 1.165) is 5.69 Å². The van der Waals surface area contributed by atoms with Crippen LogP contribution in [0.15, 0.2) is 30.3 Å². The molecule has 0 aliphatic carbocycles. The van der Waals surface area contributed by atoms with Gasteiger partial charge in [0, 0.05) is 12.2 Å². The Balaban J connectivity index is 2.34. The van der Waals surface area contributed by atoms with Crippen molar-refractivity contribution in [3.8, 4) is 0 Å². The maximum atomic E-state index is 12.5. The second-order valence-corrected chi connectivity index (χ2v) is 4.88. The molecule has 1 heterocycles. The third-order valence-electron chi connectivity index (χ3n) is 2.64. The minimum atomic E-state index is -0.0459. The summed E-state index contributed by atoms with van der Waals surface area (Å²) in [4.78, 5) is 18.9. The number of aromatic nitrogens is 1. The van der Waals surface area contributed by atoms with Crippen molar-refractivity contribution >= 4 is 28.1 Å². The molecule has 0 spiro atoms. The lowest BCUT2D eigenvalue weighted by Crippen LogP contribution is -2.30. The summed E-state index contributed by atoms with van der Waals surface area (Å²) in [5.74, 6) is -0.0459. The Morgan fingerprint density at radius 2 is 2.06 bits per heavy atom. The van der Waals surface area contributed by atoms with E-state index in [1.807, 2.05) is 37.3 Å². The number of rotatable bonds is 3. The second-order valence-electron chi connectivity index (χ2n) is 3.85. The maximum Gasteiger partial charge on any atom is 0.270 e. The first-order valence-electron chi connectivity index (χ1n) is 5.73. The van der Waals surface area contributed by atoms with Gasteiger partial charge < -0.3 is 10.6 Å². The number of nitrogens with two attached hydrogens (primary N) is 1. The highest BCUT2D eigenvalue weighted by atomic mass is 32.1. The fourth-order valence-electron chi connectivity index (χ4n) is 1.79. The lowest BCUT2D eigenvalue weighted by Gasteiger charge is -2.20. The standard InChI is InChI=1S/C13H15N3OS/c1-3-16(10-7-5-4-6-8-10)12(17)11-9(2)15-13(14)18-11/h4-8H,3H2,1-2H3,(H2,14,15). The van der Waals surface area contributed by atoms with Crippen LogP contribution in [-0.2, 0) is 0 Å². The fourth-order valence-corrected chi connectivity index (χ4v) is 2.57. The molecule has 0 saturated carbocycles. The molecule has 1 amide bonds.